The van der Waals surface area contributed by atoms with Crippen LogP contribution in [0.5, 0.6) is 5.75 Å². The average Bonchev–Trinajstić information content (AvgIpc) is 2.41. The van der Waals surface area contributed by atoms with E-state index < -0.39 is 23.3 Å². The second kappa shape index (κ2) is 6.71. The van der Waals surface area contributed by atoms with Crippen molar-refractivity contribution in [3.05, 3.63) is 23.2 Å². The number of carbonyl (C=O) groups is 2. The quantitative estimate of drug-likeness (QED) is 0.864. The molecule has 2 amide bonds. The lowest BCUT2D eigenvalue weighted by Gasteiger charge is -2.37. The Labute approximate surface area is 135 Å². The van der Waals surface area contributed by atoms with Crippen LogP contribution in [0.15, 0.2) is 18.2 Å². The molecule has 1 aromatic rings. The smallest absolute Gasteiger partial charge is 0.303 e. The van der Waals surface area contributed by atoms with E-state index in [9.17, 15) is 9.59 Å². The maximum atomic E-state index is 12.2. The zero-order valence-electron chi connectivity index (χ0n) is 13.0. The lowest BCUT2D eigenvalue weighted by Crippen LogP contribution is -2.54. The number of nitrogens with two attached hydrogens (primary N) is 1. The second-order valence-corrected chi connectivity index (χ2v) is 6.22. The number of nitrogens with zero attached hydrogens (tertiary/aromatic N) is 1. The molecule has 0 bridgehead atoms. The Hall–Kier alpha value is -2.19. The minimum atomic E-state index is -0.916. The molecule has 1 rings (SSSR count). The van der Waals surface area contributed by atoms with Crippen LogP contribution < -0.4 is 15.4 Å². The molecule has 0 heterocycles. The Morgan fingerprint density at radius 3 is 2.36 bits per heavy atom. The Morgan fingerprint density at radius 1 is 1.41 bits per heavy atom. The van der Waals surface area contributed by atoms with Crippen molar-refractivity contribution in [1.29, 1.82) is 0 Å². The van der Waals surface area contributed by atoms with Gasteiger partial charge in [0.25, 0.3) is 0 Å². The van der Waals surface area contributed by atoms with Crippen LogP contribution in [0, 0.1) is 17.8 Å². The highest BCUT2D eigenvalue weighted by Gasteiger charge is 2.38. The summed E-state index contributed by atoms with van der Waals surface area (Å²) < 4.78 is 5.07. The van der Waals surface area contributed by atoms with Crippen molar-refractivity contribution in [2.45, 2.75) is 26.8 Å². The molecule has 0 aromatic heterocycles. The molecule has 0 aliphatic carbocycles. The van der Waals surface area contributed by atoms with Crippen molar-refractivity contribution in [3.63, 3.8) is 0 Å². The van der Waals surface area contributed by atoms with Gasteiger partial charge < -0.3 is 10.5 Å². The van der Waals surface area contributed by atoms with Gasteiger partial charge in [-0.1, -0.05) is 32.4 Å². The molecule has 6 heteroatoms. The zero-order valence-corrected chi connectivity index (χ0v) is 13.8. The average molecular weight is 323 g/mol. The molecular formula is C16H19ClN2O3. The van der Waals surface area contributed by atoms with Gasteiger partial charge >= 0.3 is 5.91 Å². The van der Waals surface area contributed by atoms with E-state index in [1.807, 2.05) is 5.92 Å². The van der Waals surface area contributed by atoms with E-state index in [2.05, 4.69) is 0 Å². The van der Waals surface area contributed by atoms with E-state index in [0.29, 0.717) is 16.5 Å². The third-order valence-corrected chi connectivity index (χ3v) is 3.40. The number of primary amides is 1. The predicted molar refractivity (Wildman–Crippen MR) is 86.8 cm³/mol. The van der Waals surface area contributed by atoms with Gasteiger partial charge in [0.05, 0.1) is 12.1 Å². The van der Waals surface area contributed by atoms with Gasteiger partial charge in [0.1, 0.15) is 11.8 Å². The third-order valence-electron chi connectivity index (χ3n) is 3.10. The van der Waals surface area contributed by atoms with Crippen LogP contribution in [0.4, 0.5) is 5.69 Å². The van der Waals surface area contributed by atoms with E-state index in [0.717, 1.165) is 0 Å². The Morgan fingerprint density at radius 2 is 2.00 bits per heavy atom. The number of ether oxygens (including phenoxy) is 1. The number of terminal acetylenes is 1. The van der Waals surface area contributed by atoms with Gasteiger partial charge in [-0.3, -0.25) is 14.5 Å². The molecular weight excluding hydrogens is 304 g/mol. The van der Waals surface area contributed by atoms with Gasteiger partial charge in [-0.2, -0.15) is 0 Å². The lowest BCUT2D eigenvalue weighted by atomic mass is 9.84. The fourth-order valence-corrected chi connectivity index (χ4v) is 2.45. The second-order valence-electron chi connectivity index (χ2n) is 5.81. The summed E-state index contributed by atoms with van der Waals surface area (Å²) in [5.74, 6) is 1.16. The maximum Gasteiger partial charge on any atom is 0.303 e. The van der Waals surface area contributed by atoms with Crippen molar-refractivity contribution in [3.8, 4) is 18.1 Å². The summed E-state index contributed by atoms with van der Waals surface area (Å²) in [5, 5.41) is 0.298. The van der Waals surface area contributed by atoms with E-state index in [-0.39, 0.29) is 0 Å². The van der Waals surface area contributed by atoms with Crippen LogP contribution in [0.3, 0.4) is 0 Å². The number of hydrogen-bond donors (Lipinski definition) is 1. The Balaban J connectivity index is 3.47. The number of benzene rings is 1. The van der Waals surface area contributed by atoms with Crippen molar-refractivity contribution >= 4 is 29.1 Å². The van der Waals surface area contributed by atoms with Crippen molar-refractivity contribution in [2.75, 3.05) is 12.0 Å². The van der Waals surface area contributed by atoms with Crippen LogP contribution in [0.2, 0.25) is 5.02 Å². The summed E-state index contributed by atoms with van der Waals surface area (Å²) in [6.45, 7) is 5.39. The summed E-state index contributed by atoms with van der Waals surface area (Å²) in [7, 11) is 1.48. The van der Waals surface area contributed by atoms with Gasteiger partial charge in [-0.15, -0.1) is 6.42 Å². The molecule has 1 atom stereocenters. The summed E-state index contributed by atoms with van der Waals surface area (Å²) >= 11 is 6.09. The molecule has 0 radical (unpaired) electrons. The molecule has 5 nitrogen and oxygen atoms in total. The number of carbonyl (C=O) groups excluding carboxylic acids is 2. The van der Waals surface area contributed by atoms with Crippen molar-refractivity contribution < 1.29 is 14.3 Å². The largest absolute Gasteiger partial charge is 0.495 e. The van der Waals surface area contributed by atoms with Gasteiger partial charge in [0.2, 0.25) is 5.91 Å². The monoisotopic (exact) mass is 322 g/mol. The number of anilines is 1. The van der Waals surface area contributed by atoms with Crippen LogP contribution in [-0.4, -0.2) is 25.0 Å². The normalized spacial score (nSPS) is 12.2. The molecule has 0 saturated carbocycles. The first-order chi connectivity index (χ1) is 10.1. The van der Waals surface area contributed by atoms with Gasteiger partial charge in [0.15, 0.2) is 0 Å². The fraction of sp³-hybridized carbons (Fsp3) is 0.375. The fourth-order valence-electron chi connectivity index (χ4n) is 2.20. The van der Waals surface area contributed by atoms with Crippen LogP contribution in [-0.2, 0) is 9.59 Å². The number of halogens is 1. The van der Waals surface area contributed by atoms with Gasteiger partial charge in [-0.05, 0) is 29.5 Å². The predicted octanol–water partition coefficient (Wildman–Crippen LogP) is 2.21. The maximum absolute atomic E-state index is 12.2. The molecule has 0 spiro atoms. The minimum absolute atomic E-state index is 0.298. The van der Waals surface area contributed by atoms with Crippen LogP contribution in [0.1, 0.15) is 20.8 Å². The zero-order chi connectivity index (χ0) is 17.1. The van der Waals surface area contributed by atoms with E-state index >= 15 is 0 Å². The van der Waals surface area contributed by atoms with Gasteiger partial charge in [-0.25, -0.2) is 0 Å². The van der Waals surface area contributed by atoms with E-state index in [1.165, 1.54) is 18.1 Å². The summed E-state index contributed by atoms with van der Waals surface area (Å²) in [6.07, 6.45) is 5.23. The number of hydrogen-bond acceptors (Lipinski definition) is 3. The highest BCUT2D eigenvalue weighted by atomic mass is 35.5. The molecule has 0 aliphatic heterocycles. The van der Waals surface area contributed by atoms with Crippen molar-refractivity contribution in [1.82, 2.24) is 0 Å². The highest BCUT2D eigenvalue weighted by Crippen LogP contribution is 2.33. The first-order valence-electron chi connectivity index (χ1n) is 6.56. The number of amides is 2. The standard InChI is InChI=1S/C16H19ClN2O3/c1-6-13(20)19(14(15(18)21)16(2,3)4)10-7-8-12(22-5)11(17)9-10/h1,7-9,14H,2-5H3,(H2,18,21)/t14-/m0/s1. The van der Waals surface area contributed by atoms with Crippen LogP contribution >= 0.6 is 11.6 Å². The molecule has 22 heavy (non-hydrogen) atoms. The molecule has 0 aliphatic rings. The lowest BCUT2D eigenvalue weighted by molar-refractivity contribution is -0.124. The number of methoxy groups -OCH3 is 1. The SMILES string of the molecule is C#CC(=O)N(c1ccc(OC)c(Cl)c1)[C@@H](C(N)=O)C(C)(C)C. The van der Waals surface area contributed by atoms with Crippen molar-refractivity contribution in [2.24, 2.45) is 11.1 Å². The Bertz CT molecular complexity index is 629. The topological polar surface area (TPSA) is 72.6 Å². The Kier molecular flexibility index (Phi) is 5.45. The molecule has 0 unspecified atom stereocenters. The van der Waals surface area contributed by atoms with Gasteiger partial charge in [0, 0.05) is 5.69 Å². The summed E-state index contributed by atoms with van der Waals surface area (Å²) in [4.78, 5) is 25.3. The van der Waals surface area contributed by atoms with Crippen LogP contribution in [0.25, 0.3) is 0 Å². The van der Waals surface area contributed by atoms with E-state index in [1.54, 1.807) is 32.9 Å². The minimum Gasteiger partial charge on any atom is -0.495 e. The number of rotatable bonds is 4. The molecule has 2 N–H and O–H groups in total. The summed E-state index contributed by atoms with van der Waals surface area (Å²) in [5.41, 5.74) is 5.26. The molecule has 0 saturated heterocycles. The molecule has 0 fully saturated rings. The molecule has 118 valence electrons. The first-order valence-corrected chi connectivity index (χ1v) is 6.94. The molecule has 1 aromatic carbocycles. The van der Waals surface area contributed by atoms with E-state index in [4.69, 9.17) is 28.5 Å². The third kappa shape index (κ3) is 3.71. The summed E-state index contributed by atoms with van der Waals surface area (Å²) in [6, 6.07) is 3.79. The first kappa shape index (κ1) is 17.9. The highest BCUT2D eigenvalue weighted by molar-refractivity contribution is 6.32.